The molecule has 0 saturated heterocycles. The van der Waals surface area contributed by atoms with Crippen LogP contribution in [-0.2, 0) is 11.3 Å². The van der Waals surface area contributed by atoms with Crippen molar-refractivity contribution in [3.05, 3.63) is 11.8 Å². The SMILES string of the molecule is CCOC(=O)c1cnn(CCN(C)C)c1N. The molecule has 1 aromatic rings. The van der Waals surface area contributed by atoms with Crippen LogP contribution >= 0.6 is 0 Å². The van der Waals surface area contributed by atoms with Crippen molar-refractivity contribution >= 4 is 11.8 Å². The summed E-state index contributed by atoms with van der Waals surface area (Å²) in [5.41, 5.74) is 6.14. The molecule has 0 unspecified atom stereocenters. The Hall–Kier alpha value is -1.56. The van der Waals surface area contributed by atoms with Crippen molar-refractivity contribution in [3.8, 4) is 0 Å². The summed E-state index contributed by atoms with van der Waals surface area (Å²) < 4.78 is 6.47. The van der Waals surface area contributed by atoms with Gasteiger partial charge in [-0.25, -0.2) is 9.48 Å². The Bertz CT molecular complexity index is 360. The van der Waals surface area contributed by atoms with E-state index in [2.05, 4.69) is 5.10 Å². The van der Waals surface area contributed by atoms with Crippen molar-refractivity contribution in [1.29, 1.82) is 0 Å². The van der Waals surface area contributed by atoms with E-state index in [0.29, 0.717) is 24.5 Å². The summed E-state index contributed by atoms with van der Waals surface area (Å²) in [6.07, 6.45) is 1.45. The van der Waals surface area contributed by atoms with E-state index in [-0.39, 0.29) is 0 Å². The molecule has 16 heavy (non-hydrogen) atoms. The molecule has 0 aromatic carbocycles. The third-order valence-corrected chi connectivity index (χ3v) is 2.13. The molecule has 0 spiro atoms. The van der Waals surface area contributed by atoms with Gasteiger partial charge < -0.3 is 15.4 Å². The van der Waals surface area contributed by atoms with Gasteiger partial charge >= 0.3 is 5.97 Å². The average molecular weight is 226 g/mol. The molecule has 0 saturated carbocycles. The third kappa shape index (κ3) is 2.96. The lowest BCUT2D eigenvalue weighted by molar-refractivity contribution is 0.0527. The zero-order valence-corrected chi connectivity index (χ0v) is 9.93. The maximum Gasteiger partial charge on any atom is 0.343 e. The van der Waals surface area contributed by atoms with Crippen LogP contribution in [0.2, 0.25) is 0 Å². The predicted octanol–water partition coefficient (Wildman–Crippen LogP) is 0.204. The first-order valence-electron chi connectivity index (χ1n) is 5.19. The van der Waals surface area contributed by atoms with E-state index in [1.165, 1.54) is 6.20 Å². The number of anilines is 1. The molecule has 6 heteroatoms. The first-order chi connectivity index (χ1) is 7.56. The van der Waals surface area contributed by atoms with Crippen molar-refractivity contribution in [2.45, 2.75) is 13.5 Å². The van der Waals surface area contributed by atoms with Gasteiger partial charge in [0.05, 0.1) is 19.3 Å². The highest BCUT2D eigenvalue weighted by atomic mass is 16.5. The smallest absolute Gasteiger partial charge is 0.343 e. The van der Waals surface area contributed by atoms with Crippen molar-refractivity contribution < 1.29 is 9.53 Å². The summed E-state index contributed by atoms with van der Waals surface area (Å²) in [7, 11) is 3.93. The van der Waals surface area contributed by atoms with Crippen LogP contribution in [0.4, 0.5) is 5.82 Å². The number of nitrogen functional groups attached to an aromatic ring is 1. The van der Waals surface area contributed by atoms with Gasteiger partial charge in [0.25, 0.3) is 0 Å². The maximum absolute atomic E-state index is 11.5. The second-order valence-corrected chi connectivity index (χ2v) is 3.69. The number of rotatable bonds is 5. The van der Waals surface area contributed by atoms with E-state index in [9.17, 15) is 4.79 Å². The van der Waals surface area contributed by atoms with Crippen LogP contribution in [0.25, 0.3) is 0 Å². The van der Waals surface area contributed by atoms with Crippen molar-refractivity contribution in [2.75, 3.05) is 33.0 Å². The molecule has 0 aliphatic rings. The van der Waals surface area contributed by atoms with Gasteiger partial charge in [-0.15, -0.1) is 0 Å². The topological polar surface area (TPSA) is 73.4 Å². The summed E-state index contributed by atoms with van der Waals surface area (Å²) in [5.74, 6) is -0.0589. The Morgan fingerprint density at radius 2 is 2.31 bits per heavy atom. The fraction of sp³-hybridized carbons (Fsp3) is 0.600. The lowest BCUT2D eigenvalue weighted by atomic mass is 10.3. The fourth-order valence-electron chi connectivity index (χ4n) is 1.23. The monoisotopic (exact) mass is 226 g/mol. The average Bonchev–Trinajstić information content (AvgIpc) is 2.57. The lowest BCUT2D eigenvalue weighted by Gasteiger charge is -2.10. The number of likely N-dealkylation sites (N-methyl/N-ethyl adjacent to an activating group) is 1. The first kappa shape index (κ1) is 12.5. The van der Waals surface area contributed by atoms with Crippen LogP contribution in [0, 0.1) is 0 Å². The minimum Gasteiger partial charge on any atom is -0.462 e. The molecule has 6 nitrogen and oxygen atoms in total. The molecule has 0 bridgehead atoms. The fourth-order valence-corrected chi connectivity index (χ4v) is 1.23. The second kappa shape index (κ2) is 5.50. The van der Waals surface area contributed by atoms with Crippen LogP contribution in [0.5, 0.6) is 0 Å². The number of hydrogen-bond donors (Lipinski definition) is 1. The molecular formula is C10H18N4O2. The summed E-state index contributed by atoms with van der Waals surface area (Å²) in [6.45, 7) is 3.55. The summed E-state index contributed by atoms with van der Waals surface area (Å²) in [4.78, 5) is 13.5. The van der Waals surface area contributed by atoms with E-state index >= 15 is 0 Å². The highest BCUT2D eigenvalue weighted by molar-refractivity contribution is 5.93. The highest BCUT2D eigenvalue weighted by Crippen LogP contribution is 2.12. The number of aromatic nitrogens is 2. The standard InChI is InChI=1S/C10H18N4O2/c1-4-16-10(15)8-7-12-14(9(8)11)6-5-13(2)3/h7H,4-6,11H2,1-3H3. The Morgan fingerprint density at radius 3 is 2.88 bits per heavy atom. The highest BCUT2D eigenvalue weighted by Gasteiger charge is 2.15. The minimum atomic E-state index is -0.420. The number of esters is 1. The van der Waals surface area contributed by atoms with Gasteiger partial charge in [0.1, 0.15) is 11.4 Å². The van der Waals surface area contributed by atoms with Crippen LogP contribution in [0.3, 0.4) is 0 Å². The number of nitrogens with zero attached hydrogens (tertiary/aromatic N) is 3. The molecule has 90 valence electrons. The number of ether oxygens (including phenoxy) is 1. The zero-order chi connectivity index (χ0) is 12.1. The van der Waals surface area contributed by atoms with Crippen LogP contribution in [-0.4, -0.2) is 47.9 Å². The molecule has 0 aliphatic heterocycles. The zero-order valence-electron chi connectivity index (χ0n) is 9.93. The van der Waals surface area contributed by atoms with Crippen LogP contribution in [0.15, 0.2) is 6.20 Å². The summed E-state index contributed by atoms with van der Waals surface area (Å²) in [5, 5.41) is 4.06. The van der Waals surface area contributed by atoms with Crippen molar-refractivity contribution in [2.24, 2.45) is 0 Å². The molecule has 1 heterocycles. The Labute approximate surface area is 95.0 Å². The van der Waals surface area contributed by atoms with E-state index < -0.39 is 5.97 Å². The van der Waals surface area contributed by atoms with E-state index in [0.717, 1.165) is 6.54 Å². The van der Waals surface area contributed by atoms with E-state index in [1.54, 1.807) is 11.6 Å². The molecule has 1 rings (SSSR count). The maximum atomic E-state index is 11.5. The van der Waals surface area contributed by atoms with Gasteiger partial charge in [-0.1, -0.05) is 0 Å². The number of carbonyl (C=O) groups excluding carboxylic acids is 1. The predicted molar refractivity (Wildman–Crippen MR) is 61.1 cm³/mol. The van der Waals surface area contributed by atoms with Gasteiger partial charge in [-0.2, -0.15) is 5.10 Å². The molecule has 2 N–H and O–H groups in total. The minimum absolute atomic E-state index is 0.334. The van der Waals surface area contributed by atoms with Gasteiger partial charge in [0.2, 0.25) is 0 Å². The van der Waals surface area contributed by atoms with Gasteiger partial charge in [-0.05, 0) is 21.0 Å². The molecule has 1 aromatic heterocycles. The number of nitrogens with two attached hydrogens (primary N) is 1. The molecular weight excluding hydrogens is 208 g/mol. The second-order valence-electron chi connectivity index (χ2n) is 3.69. The summed E-state index contributed by atoms with van der Waals surface area (Å²) in [6, 6.07) is 0. The lowest BCUT2D eigenvalue weighted by Crippen LogP contribution is -2.20. The first-order valence-corrected chi connectivity index (χ1v) is 5.19. The van der Waals surface area contributed by atoms with E-state index in [4.69, 9.17) is 10.5 Å². The Balaban J connectivity index is 2.72. The Kier molecular flexibility index (Phi) is 4.30. The molecule has 0 fully saturated rings. The van der Waals surface area contributed by atoms with E-state index in [1.807, 2.05) is 19.0 Å². The molecule has 0 radical (unpaired) electrons. The normalized spacial score (nSPS) is 10.8. The largest absolute Gasteiger partial charge is 0.462 e. The van der Waals surface area contributed by atoms with Gasteiger partial charge in [-0.3, -0.25) is 0 Å². The number of carbonyl (C=O) groups is 1. The molecule has 0 atom stereocenters. The third-order valence-electron chi connectivity index (χ3n) is 2.13. The number of hydrogen-bond acceptors (Lipinski definition) is 5. The van der Waals surface area contributed by atoms with Crippen molar-refractivity contribution in [3.63, 3.8) is 0 Å². The van der Waals surface area contributed by atoms with Crippen LogP contribution in [0.1, 0.15) is 17.3 Å². The molecule has 0 aliphatic carbocycles. The van der Waals surface area contributed by atoms with Gasteiger partial charge in [0, 0.05) is 6.54 Å². The summed E-state index contributed by atoms with van der Waals surface area (Å²) >= 11 is 0. The quantitative estimate of drug-likeness (QED) is 0.726. The Morgan fingerprint density at radius 1 is 1.62 bits per heavy atom. The van der Waals surface area contributed by atoms with Crippen LogP contribution < -0.4 is 5.73 Å². The van der Waals surface area contributed by atoms with Crippen molar-refractivity contribution in [1.82, 2.24) is 14.7 Å². The van der Waals surface area contributed by atoms with Gasteiger partial charge in [0.15, 0.2) is 0 Å². The molecule has 0 amide bonds.